The van der Waals surface area contributed by atoms with Crippen molar-refractivity contribution in [2.75, 3.05) is 10.5 Å². The summed E-state index contributed by atoms with van der Waals surface area (Å²) in [5.74, 6) is -0.748. The van der Waals surface area contributed by atoms with Gasteiger partial charge in [-0.15, -0.1) is 0 Å². The first-order valence-corrected chi connectivity index (χ1v) is 7.56. The fourth-order valence-corrected chi connectivity index (χ4v) is 3.05. The number of benzene rings is 2. The van der Waals surface area contributed by atoms with E-state index in [-0.39, 0.29) is 21.3 Å². The fraction of sp³-hybridized carbons (Fsp3) is 0. The maximum atomic E-state index is 13.2. The normalized spacial score (nSPS) is 11.3. The van der Waals surface area contributed by atoms with E-state index in [1.54, 1.807) is 0 Å². The minimum atomic E-state index is -4.01. The van der Waals surface area contributed by atoms with Crippen LogP contribution in [0.1, 0.15) is 0 Å². The summed E-state index contributed by atoms with van der Waals surface area (Å²) in [5.41, 5.74) is 5.53. The molecule has 2 aromatic carbocycles. The first-order valence-electron chi connectivity index (χ1n) is 5.32. The van der Waals surface area contributed by atoms with Gasteiger partial charge in [0.15, 0.2) is 0 Å². The Labute approximate surface area is 125 Å². The van der Waals surface area contributed by atoms with E-state index in [4.69, 9.17) is 28.9 Å². The van der Waals surface area contributed by atoms with Gasteiger partial charge in [-0.3, -0.25) is 4.72 Å². The third kappa shape index (κ3) is 3.33. The topological polar surface area (TPSA) is 72.2 Å². The summed E-state index contributed by atoms with van der Waals surface area (Å²) < 4.78 is 39.7. The molecule has 20 heavy (non-hydrogen) atoms. The van der Waals surface area contributed by atoms with Gasteiger partial charge in [-0.05, 0) is 36.4 Å². The van der Waals surface area contributed by atoms with Crippen LogP contribution in [0.3, 0.4) is 0 Å². The molecule has 2 rings (SSSR count). The number of hydrogen-bond acceptors (Lipinski definition) is 3. The molecular formula is C12H9Cl2FN2O2S. The Morgan fingerprint density at radius 3 is 2.45 bits per heavy atom. The van der Waals surface area contributed by atoms with Crippen molar-refractivity contribution in [2.45, 2.75) is 4.90 Å². The van der Waals surface area contributed by atoms with Crippen molar-refractivity contribution in [1.29, 1.82) is 0 Å². The zero-order valence-electron chi connectivity index (χ0n) is 9.90. The van der Waals surface area contributed by atoms with Crippen molar-refractivity contribution >= 4 is 44.6 Å². The molecule has 106 valence electrons. The van der Waals surface area contributed by atoms with E-state index in [1.807, 2.05) is 0 Å². The second-order valence-corrected chi connectivity index (χ2v) is 6.48. The summed E-state index contributed by atoms with van der Waals surface area (Å²) in [7, 11) is -4.01. The molecule has 0 unspecified atom stereocenters. The highest BCUT2D eigenvalue weighted by molar-refractivity contribution is 7.92. The Bertz CT molecular complexity index is 746. The number of nitrogens with one attached hydrogen (secondary N) is 1. The lowest BCUT2D eigenvalue weighted by Crippen LogP contribution is -2.14. The van der Waals surface area contributed by atoms with Crippen molar-refractivity contribution in [3.8, 4) is 0 Å². The van der Waals surface area contributed by atoms with Crippen LogP contribution in [0.5, 0.6) is 0 Å². The molecule has 0 aliphatic heterocycles. The predicted octanol–water partition coefficient (Wildman–Crippen LogP) is 3.52. The minimum absolute atomic E-state index is 0.00238. The highest BCUT2D eigenvalue weighted by Gasteiger charge is 2.17. The van der Waals surface area contributed by atoms with Crippen molar-refractivity contribution < 1.29 is 12.8 Å². The van der Waals surface area contributed by atoms with Gasteiger partial charge in [-0.2, -0.15) is 0 Å². The summed E-state index contributed by atoms with van der Waals surface area (Å²) in [4.78, 5) is -0.300. The van der Waals surface area contributed by atoms with Crippen molar-refractivity contribution in [2.24, 2.45) is 0 Å². The highest BCUT2D eigenvalue weighted by Crippen LogP contribution is 2.28. The van der Waals surface area contributed by atoms with E-state index < -0.39 is 15.8 Å². The Morgan fingerprint density at radius 1 is 1.10 bits per heavy atom. The van der Waals surface area contributed by atoms with Gasteiger partial charge in [-0.1, -0.05) is 23.2 Å². The Balaban J connectivity index is 2.43. The maximum Gasteiger partial charge on any atom is 0.262 e. The molecular weight excluding hydrogens is 326 g/mol. The molecule has 0 radical (unpaired) electrons. The lowest BCUT2D eigenvalue weighted by Gasteiger charge is -2.10. The molecule has 0 aliphatic rings. The van der Waals surface area contributed by atoms with Crippen LogP contribution < -0.4 is 10.5 Å². The maximum absolute atomic E-state index is 13.2. The van der Waals surface area contributed by atoms with Gasteiger partial charge in [0, 0.05) is 10.7 Å². The standard InChI is InChI=1S/C12H9Cl2FN2O2S/c13-7-1-2-11(14)12(3-7)17-20(18,19)10-5-8(15)4-9(16)6-10/h1-6,17H,16H2. The number of sulfonamides is 1. The van der Waals surface area contributed by atoms with Crippen LogP contribution in [0.25, 0.3) is 0 Å². The Morgan fingerprint density at radius 2 is 1.80 bits per heavy atom. The molecule has 0 bridgehead atoms. The molecule has 8 heteroatoms. The van der Waals surface area contributed by atoms with Gasteiger partial charge >= 0.3 is 0 Å². The molecule has 0 fully saturated rings. The van der Waals surface area contributed by atoms with Crippen LogP contribution in [0.2, 0.25) is 10.0 Å². The van der Waals surface area contributed by atoms with E-state index in [1.165, 1.54) is 18.2 Å². The molecule has 2 aromatic rings. The van der Waals surface area contributed by atoms with Crippen LogP contribution in [-0.2, 0) is 10.0 Å². The van der Waals surface area contributed by atoms with E-state index in [0.717, 1.165) is 18.2 Å². The smallest absolute Gasteiger partial charge is 0.262 e. The van der Waals surface area contributed by atoms with Gasteiger partial charge in [0.05, 0.1) is 15.6 Å². The third-order valence-corrected chi connectivity index (χ3v) is 4.29. The lowest BCUT2D eigenvalue weighted by atomic mass is 10.3. The van der Waals surface area contributed by atoms with E-state index in [2.05, 4.69) is 4.72 Å². The number of hydrogen-bond donors (Lipinski definition) is 2. The van der Waals surface area contributed by atoms with Crippen molar-refractivity contribution in [3.63, 3.8) is 0 Å². The molecule has 0 aliphatic carbocycles. The van der Waals surface area contributed by atoms with Crippen molar-refractivity contribution in [3.05, 3.63) is 52.3 Å². The van der Waals surface area contributed by atoms with E-state index >= 15 is 0 Å². The van der Waals surface area contributed by atoms with Crippen LogP contribution in [-0.4, -0.2) is 8.42 Å². The molecule has 0 heterocycles. The average Bonchev–Trinajstić information content (AvgIpc) is 2.32. The van der Waals surface area contributed by atoms with Crippen LogP contribution >= 0.6 is 23.2 Å². The molecule has 0 aromatic heterocycles. The summed E-state index contributed by atoms with van der Waals surface area (Å²) in [6.45, 7) is 0. The summed E-state index contributed by atoms with van der Waals surface area (Å²) in [6.07, 6.45) is 0. The summed E-state index contributed by atoms with van der Waals surface area (Å²) in [6, 6.07) is 7.33. The van der Waals surface area contributed by atoms with Gasteiger partial charge in [0.1, 0.15) is 5.82 Å². The number of nitrogen functional groups attached to an aromatic ring is 1. The average molecular weight is 335 g/mol. The number of halogens is 3. The highest BCUT2D eigenvalue weighted by atomic mass is 35.5. The molecule has 0 saturated carbocycles. The van der Waals surface area contributed by atoms with Gasteiger partial charge < -0.3 is 5.73 Å². The van der Waals surface area contributed by atoms with Crippen LogP contribution in [0, 0.1) is 5.82 Å². The summed E-state index contributed by atoms with van der Waals surface area (Å²) >= 11 is 11.6. The third-order valence-electron chi connectivity index (χ3n) is 2.38. The molecule has 0 atom stereocenters. The van der Waals surface area contributed by atoms with E-state index in [0.29, 0.717) is 5.02 Å². The van der Waals surface area contributed by atoms with Gasteiger partial charge in [0.25, 0.3) is 10.0 Å². The van der Waals surface area contributed by atoms with Gasteiger partial charge in [0.2, 0.25) is 0 Å². The molecule has 0 spiro atoms. The SMILES string of the molecule is Nc1cc(F)cc(S(=O)(=O)Nc2cc(Cl)ccc2Cl)c1. The number of rotatable bonds is 3. The molecule has 3 N–H and O–H groups in total. The quantitative estimate of drug-likeness (QED) is 0.843. The summed E-state index contributed by atoms with van der Waals surface area (Å²) in [5, 5.41) is 0.480. The first-order chi connectivity index (χ1) is 9.28. The zero-order valence-corrected chi connectivity index (χ0v) is 12.2. The van der Waals surface area contributed by atoms with E-state index in [9.17, 15) is 12.8 Å². The fourth-order valence-electron chi connectivity index (χ4n) is 1.52. The number of nitrogens with two attached hydrogens (primary N) is 1. The molecule has 0 saturated heterocycles. The zero-order chi connectivity index (χ0) is 14.9. The Kier molecular flexibility index (Phi) is 4.08. The first kappa shape index (κ1) is 14.9. The predicted molar refractivity (Wildman–Crippen MR) is 78.1 cm³/mol. The second kappa shape index (κ2) is 5.47. The Hall–Kier alpha value is -1.50. The largest absolute Gasteiger partial charge is 0.399 e. The molecule has 4 nitrogen and oxygen atoms in total. The minimum Gasteiger partial charge on any atom is -0.399 e. The number of anilines is 2. The van der Waals surface area contributed by atoms with Crippen LogP contribution in [0.15, 0.2) is 41.3 Å². The van der Waals surface area contributed by atoms with Gasteiger partial charge in [-0.25, -0.2) is 12.8 Å². The molecule has 0 amide bonds. The van der Waals surface area contributed by atoms with Crippen LogP contribution in [0.4, 0.5) is 15.8 Å². The lowest BCUT2D eigenvalue weighted by molar-refractivity contribution is 0.595. The second-order valence-electron chi connectivity index (χ2n) is 3.95. The van der Waals surface area contributed by atoms with Crippen molar-refractivity contribution in [1.82, 2.24) is 0 Å². The monoisotopic (exact) mass is 334 g/mol.